The van der Waals surface area contributed by atoms with Gasteiger partial charge in [0.1, 0.15) is 11.0 Å². The van der Waals surface area contributed by atoms with Gasteiger partial charge in [-0.2, -0.15) is 0 Å². The van der Waals surface area contributed by atoms with Gasteiger partial charge in [0.2, 0.25) is 0 Å². The number of hydrogen-bond acceptors (Lipinski definition) is 3. The quantitative estimate of drug-likeness (QED) is 0.901. The summed E-state index contributed by atoms with van der Waals surface area (Å²) in [5.74, 6) is 1.85. The summed E-state index contributed by atoms with van der Waals surface area (Å²) >= 11 is 6.06. The van der Waals surface area contributed by atoms with E-state index in [2.05, 4.69) is 29.0 Å². The molecular weight excluding hydrogens is 260 g/mol. The molecular formula is C14H25ClN4. The van der Waals surface area contributed by atoms with Crippen molar-refractivity contribution in [3.63, 3.8) is 0 Å². The molecule has 0 saturated carbocycles. The first-order valence-corrected chi connectivity index (χ1v) is 7.56. The predicted molar refractivity (Wildman–Crippen MR) is 79.4 cm³/mol. The highest BCUT2D eigenvalue weighted by Crippen LogP contribution is 2.18. The first-order chi connectivity index (χ1) is 9.08. The molecule has 1 aliphatic heterocycles. The van der Waals surface area contributed by atoms with E-state index in [0.717, 1.165) is 37.9 Å². The summed E-state index contributed by atoms with van der Waals surface area (Å²) in [5, 5.41) is 4.14. The molecule has 1 N–H and O–H groups in total. The lowest BCUT2D eigenvalue weighted by molar-refractivity contribution is 0.157. The number of nitrogens with one attached hydrogen (secondary N) is 1. The van der Waals surface area contributed by atoms with Crippen molar-refractivity contribution in [2.45, 2.75) is 39.3 Å². The highest BCUT2D eigenvalue weighted by molar-refractivity contribution is 6.29. The molecule has 1 aromatic heterocycles. The molecule has 4 nitrogen and oxygen atoms in total. The zero-order valence-electron chi connectivity index (χ0n) is 12.2. The molecule has 0 spiro atoms. The SMILES string of the molecule is CC(C)N(Cc1ncc(Cl)n1C)CC1CCNCC1. The van der Waals surface area contributed by atoms with Gasteiger partial charge in [-0.15, -0.1) is 0 Å². The van der Waals surface area contributed by atoms with Gasteiger partial charge in [-0.1, -0.05) is 11.6 Å². The Labute approximate surface area is 121 Å². The molecule has 0 aliphatic carbocycles. The highest BCUT2D eigenvalue weighted by Gasteiger charge is 2.20. The molecule has 5 heteroatoms. The Morgan fingerprint density at radius 1 is 1.47 bits per heavy atom. The lowest BCUT2D eigenvalue weighted by Crippen LogP contribution is -2.39. The third-order valence-corrected chi connectivity index (χ3v) is 4.41. The van der Waals surface area contributed by atoms with Crippen LogP contribution in [0.1, 0.15) is 32.5 Å². The second-order valence-corrected chi connectivity index (χ2v) is 6.16. The standard InChI is InChI=1S/C14H25ClN4/c1-11(2)19(9-12-4-6-16-7-5-12)10-14-17-8-13(15)18(14)3/h8,11-12,16H,4-7,9-10H2,1-3H3. The zero-order valence-corrected chi connectivity index (χ0v) is 13.0. The van der Waals surface area contributed by atoms with Gasteiger partial charge in [0.25, 0.3) is 0 Å². The Morgan fingerprint density at radius 3 is 2.68 bits per heavy atom. The Hall–Kier alpha value is -0.580. The summed E-state index contributed by atoms with van der Waals surface area (Å²) < 4.78 is 1.97. The van der Waals surface area contributed by atoms with Crippen molar-refractivity contribution in [2.75, 3.05) is 19.6 Å². The minimum atomic E-state index is 0.533. The minimum absolute atomic E-state index is 0.533. The van der Waals surface area contributed by atoms with E-state index >= 15 is 0 Å². The number of imidazole rings is 1. The normalized spacial score (nSPS) is 17.6. The molecule has 19 heavy (non-hydrogen) atoms. The fraction of sp³-hybridized carbons (Fsp3) is 0.786. The van der Waals surface area contributed by atoms with E-state index in [-0.39, 0.29) is 0 Å². The minimum Gasteiger partial charge on any atom is -0.321 e. The summed E-state index contributed by atoms with van der Waals surface area (Å²) in [4.78, 5) is 6.92. The summed E-state index contributed by atoms with van der Waals surface area (Å²) in [6, 6.07) is 0.533. The number of piperidine rings is 1. The molecule has 0 amide bonds. The third-order valence-electron chi connectivity index (χ3n) is 4.05. The fourth-order valence-electron chi connectivity index (χ4n) is 2.61. The Morgan fingerprint density at radius 2 is 2.16 bits per heavy atom. The van der Waals surface area contributed by atoms with Crippen molar-refractivity contribution in [1.29, 1.82) is 0 Å². The van der Waals surface area contributed by atoms with Crippen LogP contribution in [0.3, 0.4) is 0 Å². The molecule has 0 aromatic carbocycles. The van der Waals surface area contributed by atoms with Crippen LogP contribution in [-0.4, -0.2) is 40.1 Å². The lowest BCUT2D eigenvalue weighted by Gasteiger charge is -2.32. The van der Waals surface area contributed by atoms with Crippen molar-refractivity contribution >= 4 is 11.6 Å². The van der Waals surface area contributed by atoms with Crippen LogP contribution in [0.15, 0.2) is 6.20 Å². The summed E-state index contributed by atoms with van der Waals surface area (Å²) in [6.07, 6.45) is 4.30. The van der Waals surface area contributed by atoms with Gasteiger partial charge in [-0.05, 0) is 45.7 Å². The number of rotatable bonds is 5. The monoisotopic (exact) mass is 284 g/mol. The van der Waals surface area contributed by atoms with Gasteiger partial charge < -0.3 is 9.88 Å². The van der Waals surface area contributed by atoms with Crippen LogP contribution in [0.5, 0.6) is 0 Å². The molecule has 2 heterocycles. The van der Waals surface area contributed by atoms with E-state index in [4.69, 9.17) is 11.6 Å². The molecule has 0 bridgehead atoms. The lowest BCUT2D eigenvalue weighted by atomic mass is 9.97. The molecule has 108 valence electrons. The first kappa shape index (κ1) is 14.8. The molecule has 2 rings (SSSR count). The van der Waals surface area contributed by atoms with Crippen molar-refractivity contribution in [3.05, 3.63) is 17.2 Å². The van der Waals surface area contributed by atoms with E-state index in [1.165, 1.54) is 12.8 Å². The van der Waals surface area contributed by atoms with Crippen molar-refractivity contribution in [3.8, 4) is 0 Å². The topological polar surface area (TPSA) is 33.1 Å². The van der Waals surface area contributed by atoms with Gasteiger partial charge in [0.05, 0.1) is 12.7 Å². The second-order valence-electron chi connectivity index (χ2n) is 5.77. The maximum absolute atomic E-state index is 6.06. The molecule has 1 saturated heterocycles. The van der Waals surface area contributed by atoms with Gasteiger partial charge in [0, 0.05) is 19.6 Å². The zero-order chi connectivity index (χ0) is 13.8. The van der Waals surface area contributed by atoms with Crippen molar-refractivity contribution < 1.29 is 0 Å². The summed E-state index contributed by atoms with van der Waals surface area (Å²) in [6.45, 7) is 8.86. The van der Waals surface area contributed by atoms with Crippen LogP contribution in [-0.2, 0) is 13.6 Å². The van der Waals surface area contributed by atoms with Gasteiger partial charge >= 0.3 is 0 Å². The largest absolute Gasteiger partial charge is 0.321 e. The Balaban J connectivity index is 1.97. The molecule has 1 aliphatic rings. The fourth-order valence-corrected chi connectivity index (χ4v) is 2.75. The number of nitrogens with zero attached hydrogens (tertiary/aromatic N) is 3. The van der Waals surface area contributed by atoms with E-state index in [9.17, 15) is 0 Å². The van der Waals surface area contributed by atoms with Crippen LogP contribution in [0.2, 0.25) is 5.15 Å². The molecule has 0 unspecified atom stereocenters. The average molecular weight is 285 g/mol. The average Bonchev–Trinajstić information content (AvgIpc) is 2.71. The smallest absolute Gasteiger partial charge is 0.128 e. The van der Waals surface area contributed by atoms with Crippen LogP contribution < -0.4 is 5.32 Å². The number of halogens is 1. The van der Waals surface area contributed by atoms with E-state index in [1.54, 1.807) is 6.20 Å². The molecule has 1 fully saturated rings. The summed E-state index contributed by atoms with van der Waals surface area (Å²) in [5.41, 5.74) is 0. The third kappa shape index (κ3) is 3.94. The Kier molecular flexibility index (Phi) is 5.25. The van der Waals surface area contributed by atoms with Gasteiger partial charge in [-0.25, -0.2) is 4.98 Å². The second kappa shape index (κ2) is 6.73. The van der Waals surface area contributed by atoms with Crippen molar-refractivity contribution in [1.82, 2.24) is 19.8 Å². The number of hydrogen-bond donors (Lipinski definition) is 1. The summed E-state index contributed by atoms with van der Waals surface area (Å²) in [7, 11) is 1.98. The van der Waals surface area contributed by atoms with Gasteiger partial charge in [-0.3, -0.25) is 4.90 Å². The van der Waals surface area contributed by atoms with Crippen molar-refractivity contribution in [2.24, 2.45) is 13.0 Å². The van der Waals surface area contributed by atoms with E-state index < -0.39 is 0 Å². The van der Waals surface area contributed by atoms with Crippen LogP contribution in [0.4, 0.5) is 0 Å². The maximum Gasteiger partial charge on any atom is 0.128 e. The maximum atomic E-state index is 6.06. The molecule has 1 aromatic rings. The molecule has 0 atom stereocenters. The van der Waals surface area contributed by atoms with Crippen LogP contribution in [0.25, 0.3) is 0 Å². The Bertz CT molecular complexity index is 396. The number of aromatic nitrogens is 2. The van der Waals surface area contributed by atoms with Crippen LogP contribution >= 0.6 is 11.6 Å². The van der Waals surface area contributed by atoms with E-state index in [0.29, 0.717) is 11.2 Å². The van der Waals surface area contributed by atoms with E-state index in [1.807, 2.05) is 11.6 Å². The molecule has 0 radical (unpaired) electrons. The highest BCUT2D eigenvalue weighted by atomic mass is 35.5. The predicted octanol–water partition coefficient (Wildman–Crippen LogP) is 2.28. The first-order valence-electron chi connectivity index (χ1n) is 7.18. The van der Waals surface area contributed by atoms with Crippen LogP contribution in [0, 0.1) is 5.92 Å². The van der Waals surface area contributed by atoms with Gasteiger partial charge in [0.15, 0.2) is 0 Å².